The number of aromatic hydroxyl groups is 1. The molecule has 1 aliphatic carbocycles. The molecule has 8 rings (SSSR count). The van der Waals surface area contributed by atoms with Gasteiger partial charge in [0, 0.05) is 34.2 Å². The predicted octanol–water partition coefficient (Wildman–Crippen LogP) is 9.57. The van der Waals surface area contributed by atoms with Crippen LogP contribution in [0.2, 0.25) is 5.02 Å². The van der Waals surface area contributed by atoms with Gasteiger partial charge in [-0.15, -0.1) is 42.4 Å². The van der Waals surface area contributed by atoms with Crippen molar-refractivity contribution in [1.29, 1.82) is 5.26 Å². The summed E-state index contributed by atoms with van der Waals surface area (Å²) in [5.41, 5.74) is 0.444. The number of thiazole rings is 1. The molecule has 426 valence electrons. The number of rotatable bonds is 20. The molecule has 3 heterocycles. The molecule has 0 unspecified atom stereocenters. The molecule has 3 aromatic heterocycles. The molecule has 0 bridgehead atoms. The zero-order valence-corrected chi connectivity index (χ0v) is 47.6. The first-order valence-corrected chi connectivity index (χ1v) is 32.4. The Kier molecular flexibility index (Phi) is 17.1. The number of imidazole rings is 1. The molecule has 0 fully saturated rings. The summed E-state index contributed by atoms with van der Waals surface area (Å²) in [4.78, 5) is 18.2. The van der Waals surface area contributed by atoms with Gasteiger partial charge in [0.15, 0.2) is 11.3 Å². The number of carbonyl (C=O) groups excluding carboxylic acids is 1. The molecule has 1 aliphatic rings. The van der Waals surface area contributed by atoms with Crippen LogP contribution in [-0.2, 0) is 61.8 Å². The monoisotopic (exact) mass is 1270 g/mol. The summed E-state index contributed by atoms with van der Waals surface area (Å²) in [7, 11) is -24.6. The summed E-state index contributed by atoms with van der Waals surface area (Å²) in [6.07, 6.45) is 4.54. The Hall–Kier alpha value is -6.99. The number of nitriles is 1. The van der Waals surface area contributed by atoms with Crippen LogP contribution in [0.15, 0.2) is 98.8 Å². The van der Waals surface area contributed by atoms with E-state index in [4.69, 9.17) is 16.3 Å². The number of thioether (sulfide) groups is 1. The first kappa shape index (κ1) is 60.1. The highest BCUT2D eigenvalue weighted by molar-refractivity contribution is 7.99. The average Bonchev–Trinajstić information content (AvgIpc) is 4.01. The van der Waals surface area contributed by atoms with Gasteiger partial charge in [-0.3, -0.25) is 32.0 Å². The molecule has 7 N–H and O–H groups in total. The molecule has 29 nitrogen and oxygen atoms in total. The van der Waals surface area contributed by atoms with Crippen LogP contribution in [0, 0.1) is 18.3 Å². The molecule has 0 saturated carbocycles. The van der Waals surface area contributed by atoms with Crippen LogP contribution in [0.25, 0.3) is 32.7 Å². The van der Waals surface area contributed by atoms with Gasteiger partial charge in [0.05, 0.1) is 49.8 Å². The highest BCUT2D eigenvalue weighted by Crippen LogP contribution is 2.46. The van der Waals surface area contributed by atoms with Crippen LogP contribution in [0.5, 0.6) is 11.6 Å². The smallest absolute Gasteiger partial charge is 0.296 e. The lowest BCUT2D eigenvalue weighted by Crippen LogP contribution is -2.08. The largest absolute Gasteiger partial charge is 0.493 e. The maximum absolute atomic E-state index is 12.6. The number of nitrogens with zero attached hydrogens (tertiary/aromatic N) is 10. The van der Waals surface area contributed by atoms with Crippen LogP contribution in [0.1, 0.15) is 48.7 Å². The second-order valence-electron chi connectivity index (χ2n) is 17.2. The molecule has 0 aliphatic heterocycles. The Bertz CT molecular complexity index is 4580. The fourth-order valence-corrected chi connectivity index (χ4v) is 13.2. The third-order valence-corrected chi connectivity index (χ3v) is 18.0. The number of benzene rings is 4. The van der Waals surface area contributed by atoms with Crippen molar-refractivity contribution in [2.24, 2.45) is 30.7 Å². The molecular formula is C44H38ClN11O18S7. The van der Waals surface area contributed by atoms with Crippen molar-refractivity contribution in [3.8, 4) is 17.7 Å². The highest BCUT2D eigenvalue weighted by atomic mass is 35.5. The van der Waals surface area contributed by atoms with Crippen LogP contribution < -0.4 is 10.1 Å². The summed E-state index contributed by atoms with van der Waals surface area (Å²) < 4.78 is 177. The lowest BCUT2D eigenvalue weighted by Gasteiger charge is -2.12. The molecule has 1 amide bonds. The number of hydrogen-bond acceptors (Lipinski definition) is 24. The van der Waals surface area contributed by atoms with Crippen molar-refractivity contribution in [1.82, 2.24) is 14.4 Å². The van der Waals surface area contributed by atoms with Gasteiger partial charge in [-0.2, -0.15) is 47.4 Å². The number of azo groups is 3. The van der Waals surface area contributed by atoms with Gasteiger partial charge in [0.1, 0.15) is 55.4 Å². The fourth-order valence-electron chi connectivity index (χ4n) is 7.92. The zero-order valence-electron chi connectivity index (χ0n) is 41.1. The minimum absolute atomic E-state index is 0.0235. The Morgan fingerprint density at radius 3 is 2.12 bits per heavy atom. The Morgan fingerprint density at radius 1 is 0.802 bits per heavy atom. The van der Waals surface area contributed by atoms with E-state index in [0.29, 0.717) is 47.7 Å². The Labute approximate surface area is 471 Å². The van der Waals surface area contributed by atoms with Crippen molar-refractivity contribution in [2.75, 3.05) is 29.2 Å². The normalized spacial score (nSPS) is 13.6. The lowest BCUT2D eigenvalue weighted by atomic mass is 10.1. The molecule has 37 heteroatoms. The van der Waals surface area contributed by atoms with E-state index in [2.05, 4.69) is 52.0 Å². The predicted molar refractivity (Wildman–Crippen MR) is 293 cm³/mol. The minimum atomic E-state index is -5.34. The Balaban J connectivity index is 1.23. The van der Waals surface area contributed by atoms with Crippen LogP contribution >= 0.6 is 34.7 Å². The van der Waals surface area contributed by atoms with Crippen molar-refractivity contribution in [3.63, 3.8) is 0 Å². The molecule has 4 aromatic carbocycles. The second kappa shape index (κ2) is 23.1. The van der Waals surface area contributed by atoms with Gasteiger partial charge in [0.2, 0.25) is 16.9 Å². The molecular weight excluding hydrogens is 1230 g/mol. The fraction of sp³-hybridized carbons (Fsp3) is 0.227. The lowest BCUT2D eigenvalue weighted by molar-refractivity contribution is -0.114. The van der Waals surface area contributed by atoms with Crippen molar-refractivity contribution < 1.29 is 79.5 Å². The number of aryl methyl sites for hydroxylation is 1. The van der Waals surface area contributed by atoms with E-state index in [9.17, 15) is 80.0 Å². The van der Waals surface area contributed by atoms with Crippen LogP contribution in [0.3, 0.4) is 0 Å². The van der Waals surface area contributed by atoms with Crippen LogP contribution in [-0.4, -0.2) is 114 Å². The van der Waals surface area contributed by atoms with Gasteiger partial charge in [0.25, 0.3) is 50.6 Å². The van der Waals surface area contributed by atoms with Gasteiger partial charge >= 0.3 is 0 Å². The van der Waals surface area contributed by atoms with Gasteiger partial charge in [-0.25, -0.2) is 9.97 Å². The van der Waals surface area contributed by atoms with Gasteiger partial charge in [-0.05, 0) is 80.8 Å². The summed E-state index contributed by atoms with van der Waals surface area (Å²) in [6.45, 7) is 2.31. The summed E-state index contributed by atoms with van der Waals surface area (Å²) in [6, 6.07) is 8.81. The number of allylic oxidation sites excluding steroid dienone is 1. The van der Waals surface area contributed by atoms with Crippen LogP contribution in [0.4, 0.5) is 39.3 Å². The maximum atomic E-state index is 12.6. The summed E-state index contributed by atoms with van der Waals surface area (Å²) >= 11 is 8.16. The number of hydrogen-bond donors (Lipinski definition) is 7. The van der Waals surface area contributed by atoms with E-state index in [1.165, 1.54) is 35.6 Å². The quantitative estimate of drug-likeness (QED) is 0.0161. The SMILES string of the molecule is CC(=O)Nc1cc(N=Nc2cc(Cl)c(N=Nc3c(C)c(C#N)c4nc5c(n4c3O)C=CCC5)cc2OCCCS(=O)(=O)O)c(SCCCS(=O)(=O)O)cc1N=Nc1nc2c(S(=O)(=O)O)cc3c(S(=O)(=O)O)cc(S(=O)(=O)O)cc3c2s1. The molecule has 0 radical (unpaired) electrons. The number of fused-ring (bicyclic) bond motifs is 6. The standard InChI is InChI=1S/C44H38ClN11O18S7/c1-21-26(20-46)42-48-28-7-3-4-8-34(28)56(42)43(58)39(21)54-50-29-18-35(74-9-5-11-77(59,60)61)32(16-27(29)45)52-53-33-17-30(47-22(2)57)31(19-36(33)75-10-6-12-78(62,63)64)51-55-44-49-40-38(81(71,72)73)15-24-25(41(40)76-44)13-23(79(65,66)67)14-37(24)80(68,69)70/h4,8,13-19,58H,3,5-7,9-12H2,1-2H3,(H,47,57)(H,59,60,61)(H,62,63,64)(H,65,66,67)(H,68,69,70)(H,71,72,73). The number of aromatic nitrogens is 3. The minimum Gasteiger partial charge on any atom is -0.493 e. The van der Waals surface area contributed by atoms with Crippen molar-refractivity contribution >= 4 is 163 Å². The molecule has 0 spiro atoms. The second-order valence-corrected chi connectivity index (χ2v) is 27.1. The maximum Gasteiger partial charge on any atom is 0.296 e. The number of pyridine rings is 1. The third-order valence-electron chi connectivity index (χ3n) is 11.4. The number of carbonyl (C=O) groups is 1. The first-order chi connectivity index (χ1) is 37.8. The number of amides is 1. The summed E-state index contributed by atoms with van der Waals surface area (Å²) in [5, 5.41) is 48.0. The Morgan fingerprint density at radius 2 is 1.47 bits per heavy atom. The van der Waals surface area contributed by atoms with E-state index >= 15 is 0 Å². The molecule has 81 heavy (non-hydrogen) atoms. The number of nitrogens with one attached hydrogen (secondary N) is 1. The zero-order chi connectivity index (χ0) is 59.1. The highest BCUT2D eigenvalue weighted by Gasteiger charge is 2.28. The summed E-state index contributed by atoms with van der Waals surface area (Å²) in [5.74, 6) is -2.60. The van der Waals surface area contributed by atoms with E-state index in [1.54, 1.807) is 6.08 Å². The van der Waals surface area contributed by atoms with E-state index < -0.39 is 104 Å². The van der Waals surface area contributed by atoms with Gasteiger partial charge in [-0.1, -0.05) is 29.0 Å². The number of halogens is 1. The topological polar surface area (TPSA) is 459 Å². The van der Waals surface area contributed by atoms with Crippen molar-refractivity contribution in [2.45, 2.75) is 59.1 Å². The number of anilines is 1. The van der Waals surface area contributed by atoms with Crippen molar-refractivity contribution in [3.05, 3.63) is 76.1 Å². The van der Waals surface area contributed by atoms with E-state index in [1.807, 2.05) is 6.08 Å². The molecule has 0 saturated heterocycles. The molecule has 0 atom stereocenters. The molecule has 7 aromatic rings. The first-order valence-electron chi connectivity index (χ1n) is 22.7. The average molecular weight is 1270 g/mol. The third kappa shape index (κ3) is 13.9. The van der Waals surface area contributed by atoms with E-state index in [0.717, 1.165) is 24.8 Å². The van der Waals surface area contributed by atoms with Gasteiger partial charge < -0.3 is 15.2 Å². The number of ether oxygens (including phenoxy) is 1. The van der Waals surface area contributed by atoms with E-state index in [-0.39, 0.29) is 102 Å².